The van der Waals surface area contributed by atoms with E-state index in [2.05, 4.69) is 4.98 Å². The van der Waals surface area contributed by atoms with Crippen molar-refractivity contribution in [1.82, 2.24) is 4.98 Å². The molecule has 0 spiro atoms. The van der Waals surface area contributed by atoms with E-state index in [1.807, 2.05) is 0 Å². The van der Waals surface area contributed by atoms with Gasteiger partial charge in [-0.15, -0.1) is 0 Å². The molecule has 0 saturated carbocycles. The number of aliphatic hydroxyl groups excluding tert-OH is 1. The highest BCUT2D eigenvalue weighted by atomic mass is 35.5. The number of halogens is 3. The fourth-order valence-electron chi connectivity index (χ4n) is 1.45. The van der Waals surface area contributed by atoms with Crippen LogP contribution < -0.4 is 0 Å². The van der Waals surface area contributed by atoms with Crippen LogP contribution in [0, 0.1) is 11.6 Å². The van der Waals surface area contributed by atoms with Gasteiger partial charge in [-0.1, -0.05) is 17.7 Å². The Labute approximate surface area is 102 Å². The zero-order chi connectivity index (χ0) is 12.4. The van der Waals surface area contributed by atoms with Gasteiger partial charge in [0.05, 0.1) is 11.2 Å². The van der Waals surface area contributed by atoms with E-state index >= 15 is 0 Å². The van der Waals surface area contributed by atoms with Gasteiger partial charge >= 0.3 is 0 Å². The molecular formula is C12H8ClF2NO. The molecule has 0 radical (unpaired) electrons. The molecule has 1 heterocycles. The van der Waals surface area contributed by atoms with Crippen molar-refractivity contribution >= 4 is 11.6 Å². The number of hydrogen-bond acceptors (Lipinski definition) is 2. The molecule has 0 amide bonds. The summed E-state index contributed by atoms with van der Waals surface area (Å²) in [6, 6.07) is 4.99. The largest absolute Gasteiger partial charge is 0.384 e. The highest BCUT2D eigenvalue weighted by Gasteiger charge is 2.13. The number of benzene rings is 1. The summed E-state index contributed by atoms with van der Waals surface area (Å²) < 4.78 is 25.9. The summed E-state index contributed by atoms with van der Waals surface area (Å²) >= 11 is 5.60. The summed E-state index contributed by atoms with van der Waals surface area (Å²) in [6.07, 6.45) is 1.29. The summed E-state index contributed by atoms with van der Waals surface area (Å²) in [6.45, 7) is 0. The van der Waals surface area contributed by atoms with Crippen molar-refractivity contribution in [3.8, 4) is 0 Å². The minimum atomic E-state index is -1.09. The zero-order valence-corrected chi connectivity index (χ0v) is 9.33. The first-order valence-corrected chi connectivity index (χ1v) is 5.19. The van der Waals surface area contributed by atoms with Crippen molar-refractivity contribution < 1.29 is 13.9 Å². The molecule has 2 rings (SSSR count). The van der Waals surface area contributed by atoms with Gasteiger partial charge in [-0.3, -0.25) is 4.98 Å². The molecule has 1 aromatic heterocycles. The smallest absolute Gasteiger partial charge is 0.141 e. The quantitative estimate of drug-likeness (QED) is 0.895. The standard InChI is InChI=1S/C12H8ClF2NO/c13-10-4-7(1-2-11(10)15)12(17)8-3-9(14)6-16-5-8/h1-6,12,17H. The SMILES string of the molecule is OC(c1cncc(F)c1)c1ccc(F)c(Cl)c1. The molecule has 1 aromatic carbocycles. The van der Waals surface area contributed by atoms with E-state index in [4.69, 9.17) is 11.6 Å². The minimum absolute atomic E-state index is 0.0917. The van der Waals surface area contributed by atoms with Crippen LogP contribution in [0.3, 0.4) is 0 Å². The van der Waals surface area contributed by atoms with Crippen LogP contribution in [0.2, 0.25) is 5.02 Å². The fraction of sp³-hybridized carbons (Fsp3) is 0.0833. The fourth-order valence-corrected chi connectivity index (χ4v) is 1.64. The van der Waals surface area contributed by atoms with Crippen LogP contribution in [-0.4, -0.2) is 10.1 Å². The van der Waals surface area contributed by atoms with Gasteiger partial charge in [0.15, 0.2) is 0 Å². The van der Waals surface area contributed by atoms with Crippen molar-refractivity contribution in [1.29, 1.82) is 0 Å². The molecule has 5 heteroatoms. The lowest BCUT2D eigenvalue weighted by molar-refractivity contribution is 0.219. The number of hydrogen-bond donors (Lipinski definition) is 1. The van der Waals surface area contributed by atoms with Gasteiger partial charge in [-0.05, 0) is 23.8 Å². The van der Waals surface area contributed by atoms with E-state index < -0.39 is 17.7 Å². The Balaban J connectivity index is 2.36. The molecule has 0 fully saturated rings. The van der Waals surface area contributed by atoms with Crippen molar-refractivity contribution in [2.24, 2.45) is 0 Å². The zero-order valence-electron chi connectivity index (χ0n) is 8.57. The third kappa shape index (κ3) is 2.60. The van der Waals surface area contributed by atoms with Crippen LogP contribution in [0.15, 0.2) is 36.7 Å². The summed E-state index contributed by atoms with van der Waals surface area (Å²) in [5.74, 6) is -1.12. The molecule has 0 aliphatic rings. The molecular weight excluding hydrogens is 248 g/mol. The molecule has 1 N–H and O–H groups in total. The molecule has 88 valence electrons. The lowest BCUT2D eigenvalue weighted by atomic mass is 10.0. The second-order valence-corrected chi connectivity index (χ2v) is 3.92. The maximum Gasteiger partial charge on any atom is 0.141 e. The monoisotopic (exact) mass is 255 g/mol. The molecule has 0 saturated heterocycles. The highest BCUT2D eigenvalue weighted by Crippen LogP contribution is 2.25. The second kappa shape index (κ2) is 4.77. The predicted octanol–water partition coefficient (Wildman–Crippen LogP) is 3.09. The van der Waals surface area contributed by atoms with E-state index in [-0.39, 0.29) is 10.6 Å². The molecule has 17 heavy (non-hydrogen) atoms. The van der Waals surface area contributed by atoms with Crippen molar-refractivity contribution in [3.05, 3.63) is 64.4 Å². The summed E-state index contributed by atoms with van der Waals surface area (Å²) in [5, 5.41) is 9.85. The molecule has 2 aromatic rings. The third-order valence-corrected chi connectivity index (χ3v) is 2.59. The average Bonchev–Trinajstić information content (AvgIpc) is 2.32. The first-order valence-electron chi connectivity index (χ1n) is 4.81. The summed E-state index contributed by atoms with van der Waals surface area (Å²) in [5.41, 5.74) is 0.663. The van der Waals surface area contributed by atoms with Gasteiger partial charge in [0.25, 0.3) is 0 Å². The number of rotatable bonds is 2. The van der Waals surface area contributed by atoms with E-state index in [0.29, 0.717) is 5.56 Å². The first kappa shape index (κ1) is 12.0. The predicted molar refractivity (Wildman–Crippen MR) is 59.7 cm³/mol. The van der Waals surface area contributed by atoms with Gasteiger partial charge in [0.2, 0.25) is 0 Å². The Morgan fingerprint density at radius 1 is 1.12 bits per heavy atom. The topological polar surface area (TPSA) is 33.1 Å². The Morgan fingerprint density at radius 3 is 2.53 bits per heavy atom. The number of aromatic nitrogens is 1. The van der Waals surface area contributed by atoms with Crippen molar-refractivity contribution in [3.63, 3.8) is 0 Å². The van der Waals surface area contributed by atoms with E-state index in [1.54, 1.807) is 0 Å². The average molecular weight is 256 g/mol. The minimum Gasteiger partial charge on any atom is -0.384 e. The number of nitrogens with zero attached hydrogens (tertiary/aromatic N) is 1. The third-order valence-electron chi connectivity index (χ3n) is 2.30. The van der Waals surface area contributed by atoms with E-state index in [1.165, 1.54) is 18.3 Å². The van der Waals surface area contributed by atoms with Crippen LogP contribution in [-0.2, 0) is 0 Å². The van der Waals surface area contributed by atoms with Crippen LogP contribution in [0.1, 0.15) is 17.2 Å². The molecule has 0 bridgehead atoms. The van der Waals surface area contributed by atoms with Crippen LogP contribution >= 0.6 is 11.6 Å². The van der Waals surface area contributed by atoms with Crippen molar-refractivity contribution in [2.45, 2.75) is 6.10 Å². The Bertz CT molecular complexity index is 548. The molecule has 2 nitrogen and oxygen atoms in total. The van der Waals surface area contributed by atoms with Crippen LogP contribution in [0.25, 0.3) is 0 Å². The van der Waals surface area contributed by atoms with E-state index in [9.17, 15) is 13.9 Å². The molecule has 0 aliphatic heterocycles. The number of aliphatic hydroxyl groups is 1. The lowest BCUT2D eigenvalue weighted by Crippen LogP contribution is -2.01. The lowest BCUT2D eigenvalue weighted by Gasteiger charge is -2.11. The Morgan fingerprint density at radius 2 is 1.88 bits per heavy atom. The maximum absolute atomic E-state index is 12.9. The molecule has 0 aliphatic carbocycles. The van der Waals surface area contributed by atoms with Gasteiger partial charge in [-0.25, -0.2) is 8.78 Å². The Kier molecular flexibility index (Phi) is 3.36. The van der Waals surface area contributed by atoms with E-state index in [0.717, 1.165) is 18.3 Å². The highest BCUT2D eigenvalue weighted by molar-refractivity contribution is 6.30. The first-order chi connectivity index (χ1) is 8.08. The molecule has 1 unspecified atom stereocenters. The normalized spacial score (nSPS) is 12.5. The Hall–Kier alpha value is -1.52. The second-order valence-electron chi connectivity index (χ2n) is 3.51. The van der Waals surface area contributed by atoms with Gasteiger partial charge in [-0.2, -0.15) is 0 Å². The van der Waals surface area contributed by atoms with Crippen molar-refractivity contribution in [2.75, 3.05) is 0 Å². The van der Waals surface area contributed by atoms with Gasteiger partial charge in [0, 0.05) is 11.8 Å². The summed E-state index contributed by atoms with van der Waals surface area (Å²) in [4.78, 5) is 3.63. The summed E-state index contributed by atoms with van der Waals surface area (Å²) in [7, 11) is 0. The van der Waals surface area contributed by atoms with Crippen LogP contribution in [0.5, 0.6) is 0 Å². The van der Waals surface area contributed by atoms with Gasteiger partial charge in [0.1, 0.15) is 17.7 Å². The number of pyridine rings is 1. The molecule has 1 atom stereocenters. The maximum atomic E-state index is 12.9. The van der Waals surface area contributed by atoms with Crippen LogP contribution in [0.4, 0.5) is 8.78 Å². The van der Waals surface area contributed by atoms with Gasteiger partial charge < -0.3 is 5.11 Å².